The van der Waals surface area contributed by atoms with Crippen LogP contribution in [-0.2, 0) is 0 Å². The van der Waals surface area contributed by atoms with Crippen molar-refractivity contribution in [2.45, 2.75) is 33.3 Å². The van der Waals surface area contributed by atoms with Gasteiger partial charge >= 0.3 is 0 Å². The summed E-state index contributed by atoms with van der Waals surface area (Å²) < 4.78 is 5.97. The molecule has 24 heavy (non-hydrogen) atoms. The van der Waals surface area contributed by atoms with E-state index in [-0.39, 0.29) is 0 Å². The number of likely N-dealkylation sites (tertiary alicyclic amines) is 2. The predicted octanol–water partition coefficient (Wildman–Crippen LogP) is 2.24. The van der Waals surface area contributed by atoms with Crippen molar-refractivity contribution in [3.63, 3.8) is 0 Å². The van der Waals surface area contributed by atoms with E-state index in [4.69, 9.17) is 4.74 Å². The van der Waals surface area contributed by atoms with Crippen molar-refractivity contribution in [2.24, 2.45) is 11.8 Å². The molecule has 2 saturated heterocycles. The van der Waals surface area contributed by atoms with Crippen molar-refractivity contribution in [3.05, 3.63) is 28.8 Å². The van der Waals surface area contributed by atoms with E-state index in [2.05, 4.69) is 49.8 Å². The summed E-state index contributed by atoms with van der Waals surface area (Å²) in [4.78, 5) is 4.87. The molecular weight excluding hydrogens is 300 g/mol. The zero-order valence-electron chi connectivity index (χ0n) is 15.6. The van der Waals surface area contributed by atoms with Crippen molar-refractivity contribution in [1.29, 1.82) is 0 Å². The number of hydrogen-bond donors (Lipinski definition) is 1. The summed E-state index contributed by atoms with van der Waals surface area (Å²) in [7, 11) is 2.22. The maximum absolute atomic E-state index is 10.4. The van der Waals surface area contributed by atoms with E-state index < -0.39 is 6.10 Å². The molecule has 0 amide bonds. The van der Waals surface area contributed by atoms with Gasteiger partial charge in [-0.15, -0.1) is 0 Å². The first kappa shape index (κ1) is 17.7. The van der Waals surface area contributed by atoms with Crippen LogP contribution in [0.25, 0.3) is 0 Å². The van der Waals surface area contributed by atoms with Crippen molar-refractivity contribution in [3.8, 4) is 5.75 Å². The summed E-state index contributed by atoms with van der Waals surface area (Å²) in [5.41, 5.74) is 3.55. The van der Waals surface area contributed by atoms with Crippen LogP contribution in [0.4, 0.5) is 0 Å². The van der Waals surface area contributed by atoms with E-state index in [1.54, 1.807) is 0 Å². The van der Waals surface area contributed by atoms with Gasteiger partial charge in [0.2, 0.25) is 0 Å². The molecule has 3 rings (SSSR count). The van der Waals surface area contributed by atoms with Gasteiger partial charge in [-0.2, -0.15) is 0 Å². The Morgan fingerprint density at radius 2 is 1.83 bits per heavy atom. The summed E-state index contributed by atoms with van der Waals surface area (Å²) in [6.45, 7) is 12.0. The van der Waals surface area contributed by atoms with Crippen LogP contribution in [0.2, 0.25) is 0 Å². The van der Waals surface area contributed by atoms with Gasteiger partial charge in [0.25, 0.3) is 0 Å². The predicted molar refractivity (Wildman–Crippen MR) is 97.7 cm³/mol. The first-order chi connectivity index (χ1) is 11.4. The minimum Gasteiger partial charge on any atom is -0.490 e. The molecule has 1 N–H and O–H groups in total. The molecule has 134 valence electrons. The summed E-state index contributed by atoms with van der Waals surface area (Å²) >= 11 is 0. The average molecular weight is 332 g/mol. The molecule has 1 unspecified atom stereocenters. The van der Waals surface area contributed by atoms with Crippen LogP contribution in [0.3, 0.4) is 0 Å². The molecule has 0 saturated carbocycles. The molecule has 4 heteroatoms. The Morgan fingerprint density at radius 1 is 1.12 bits per heavy atom. The molecule has 3 atom stereocenters. The standard InChI is InChI=1S/C20H32N2O2/c1-14-5-6-15(2)20(16(14)3)24-13-19(23)12-22-10-17-7-8-21(4)9-18(17)11-22/h5-6,17-19,23H,7-13H2,1-4H3/t17-,18+,19?/m1/s1. The number of nitrogens with zero attached hydrogens (tertiary/aromatic N) is 2. The van der Waals surface area contributed by atoms with E-state index in [1.165, 1.54) is 30.6 Å². The molecule has 1 aromatic carbocycles. The molecule has 0 aromatic heterocycles. The molecule has 0 aliphatic carbocycles. The highest BCUT2D eigenvalue weighted by molar-refractivity contribution is 5.44. The van der Waals surface area contributed by atoms with E-state index in [0.29, 0.717) is 6.61 Å². The lowest BCUT2D eigenvalue weighted by molar-refractivity contribution is 0.0735. The zero-order chi connectivity index (χ0) is 17.3. The topological polar surface area (TPSA) is 35.9 Å². The SMILES string of the molecule is Cc1ccc(C)c(OCC(O)CN2C[C@H]3CCN(C)C[C@H]3C2)c1C. The van der Waals surface area contributed by atoms with Crippen LogP contribution >= 0.6 is 0 Å². The van der Waals surface area contributed by atoms with Crippen LogP contribution in [0.15, 0.2) is 12.1 Å². The number of ether oxygens (including phenoxy) is 1. The quantitative estimate of drug-likeness (QED) is 0.897. The number of rotatable bonds is 5. The van der Waals surface area contributed by atoms with Crippen molar-refractivity contribution in [2.75, 3.05) is 46.4 Å². The van der Waals surface area contributed by atoms with E-state index in [9.17, 15) is 5.11 Å². The third-order valence-electron chi connectivity index (χ3n) is 5.84. The zero-order valence-corrected chi connectivity index (χ0v) is 15.6. The summed E-state index contributed by atoms with van der Waals surface area (Å²) in [6, 6.07) is 4.21. The van der Waals surface area contributed by atoms with Gasteiger partial charge in [0.15, 0.2) is 0 Å². The molecule has 0 radical (unpaired) electrons. The van der Waals surface area contributed by atoms with Gasteiger partial charge < -0.3 is 19.6 Å². The first-order valence-corrected chi connectivity index (χ1v) is 9.22. The minimum atomic E-state index is -0.429. The fourth-order valence-electron chi connectivity index (χ4n) is 4.27. The Labute approximate surface area is 146 Å². The molecule has 0 bridgehead atoms. The molecule has 2 fully saturated rings. The number of fused-ring (bicyclic) bond motifs is 1. The van der Waals surface area contributed by atoms with Gasteiger partial charge in [-0.25, -0.2) is 0 Å². The average Bonchev–Trinajstić information content (AvgIpc) is 2.92. The normalized spacial score (nSPS) is 26.4. The third-order valence-corrected chi connectivity index (χ3v) is 5.84. The Bertz CT molecular complexity index is 575. The van der Waals surface area contributed by atoms with Gasteiger partial charge in [0.1, 0.15) is 18.5 Å². The summed E-state index contributed by atoms with van der Waals surface area (Å²) in [5.74, 6) is 2.53. The Balaban J connectivity index is 1.50. The summed E-state index contributed by atoms with van der Waals surface area (Å²) in [6.07, 6.45) is 0.869. The number of β-amino-alcohol motifs (C(OH)–C–C–N with tert-alkyl or cyclic N) is 1. The molecule has 2 aliphatic heterocycles. The largest absolute Gasteiger partial charge is 0.490 e. The highest BCUT2D eigenvalue weighted by atomic mass is 16.5. The Morgan fingerprint density at radius 3 is 2.62 bits per heavy atom. The second-order valence-electron chi connectivity index (χ2n) is 7.91. The lowest BCUT2D eigenvalue weighted by Gasteiger charge is -2.31. The van der Waals surface area contributed by atoms with Gasteiger partial charge in [-0.05, 0) is 69.3 Å². The number of benzene rings is 1. The van der Waals surface area contributed by atoms with E-state index in [1.807, 2.05) is 0 Å². The molecule has 0 spiro atoms. The van der Waals surface area contributed by atoms with Gasteiger partial charge in [-0.1, -0.05) is 12.1 Å². The van der Waals surface area contributed by atoms with Crippen LogP contribution < -0.4 is 4.74 Å². The van der Waals surface area contributed by atoms with E-state index in [0.717, 1.165) is 42.8 Å². The van der Waals surface area contributed by atoms with Crippen LogP contribution in [0.1, 0.15) is 23.1 Å². The van der Waals surface area contributed by atoms with Gasteiger partial charge in [0, 0.05) is 26.2 Å². The second kappa shape index (κ2) is 7.42. The smallest absolute Gasteiger partial charge is 0.125 e. The first-order valence-electron chi connectivity index (χ1n) is 9.22. The Kier molecular flexibility index (Phi) is 5.48. The lowest BCUT2D eigenvalue weighted by Crippen LogP contribution is -2.37. The number of aliphatic hydroxyl groups is 1. The number of hydrogen-bond acceptors (Lipinski definition) is 4. The van der Waals surface area contributed by atoms with Crippen molar-refractivity contribution >= 4 is 0 Å². The number of piperidine rings is 1. The van der Waals surface area contributed by atoms with Crippen LogP contribution in [-0.4, -0.2) is 67.4 Å². The summed E-state index contributed by atoms with van der Waals surface area (Å²) in [5, 5.41) is 10.4. The maximum atomic E-state index is 10.4. The van der Waals surface area contributed by atoms with Gasteiger partial charge in [0.05, 0.1) is 0 Å². The molecular formula is C20H32N2O2. The van der Waals surface area contributed by atoms with E-state index >= 15 is 0 Å². The monoisotopic (exact) mass is 332 g/mol. The molecule has 4 nitrogen and oxygen atoms in total. The maximum Gasteiger partial charge on any atom is 0.125 e. The van der Waals surface area contributed by atoms with Crippen LogP contribution in [0.5, 0.6) is 5.75 Å². The van der Waals surface area contributed by atoms with Gasteiger partial charge in [-0.3, -0.25) is 0 Å². The van der Waals surface area contributed by atoms with Crippen molar-refractivity contribution < 1.29 is 9.84 Å². The number of aryl methyl sites for hydroxylation is 2. The fraction of sp³-hybridized carbons (Fsp3) is 0.700. The fourth-order valence-corrected chi connectivity index (χ4v) is 4.27. The highest BCUT2D eigenvalue weighted by Gasteiger charge is 2.36. The molecule has 1 aromatic rings. The molecule has 2 aliphatic rings. The number of aliphatic hydroxyl groups excluding tert-OH is 1. The highest BCUT2D eigenvalue weighted by Crippen LogP contribution is 2.30. The second-order valence-corrected chi connectivity index (χ2v) is 7.91. The lowest BCUT2D eigenvalue weighted by atomic mass is 9.89. The Hall–Kier alpha value is -1.10. The van der Waals surface area contributed by atoms with Crippen molar-refractivity contribution in [1.82, 2.24) is 9.80 Å². The third kappa shape index (κ3) is 3.93. The molecule has 2 heterocycles. The minimum absolute atomic E-state index is 0.372. The van der Waals surface area contributed by atoms with Crippen LogP contribution in [0, 0.1) is 32.6 Å².